The van der Waals surface area contributed by atoms with Crippen LogP contribution in [-0.4, -0.2) is 87.1 Å². The molecule has 0 aromatic rings. The summed E-state index contributed by atoms with van der Waals surface area (Å²) >= 11 is 0. The van der Waals surface area contributed by atoms with Gasteiger partial charge in [0.2, 0.25) is 5.91 Å². The van der Waals surface area contributed by atoms with Gasteiger partial charge in [-0.25, -0.2) is 0 Å². The zero-order valence-corrected chi connectivity index (χ0v) is 11.7. The number of carbonyl (C=O) groups is 1. The zero-order chi connectivity index (χ0) is 13.0. The average Bonchev–Trinajstić information content (AvgIpc) is 2.31. The van der Waals surface area contributed by atoms with Gasteiger partial charge in [0.05, 0.1) is 0 Å². The molecule has 18 heavy (non-hydrogen) atoms. The van der Waals surface area contributed by atoms with Gasteiger partial charge in [-0.1, -0.05) is 0 Å². The van der Waals surface area contributed by atoms with E-state index >= 15 is 0 Å². The van der Waals surface area contributed by atoms with Crippen LogP contribution in [-0.2, 0) is 4.79 Å². The van der Waals surface area contributed by atoms with Crippen LogP contribution in [0.4, 0.5) is 0 Å². The van der Waals surface area contributed by atoms with Gasteiger partial charge in [0.25, 0.3) is 0 Å². The molecule has 0 aliphatic carbocycles. The predicted octanol–water partition coefficient (Wildman–Crippen LogP) is -0.698. The molecule has 0 unspecified atom stereocenters. The highest BCUT2D eigenvalue weighted by molar-refractivity contribution is 5.76. The Labute approximate surface area is 110 Å². The minimum absolute atomic E-state index is 0.355. The monoisotopic (exact) mass is 254 g/mol. The molecule has 0 atom stereocenters. The summed E-state index contributed by atoms with van der Waals surface area (Å²) in [5, 5.41) is 3.22. The zero-order valence-electron chi connectivity index (χ0n) is 11.7. The predicted molar refractivity (Wildman–Crippen MR) is 72.6 cm³/mol. The molecule has 2 aliphatic heterocycles. The number of likely N-dealkylation sites (N-methyl/N-ethyl adjacent to an activating group) is 1. The first-order valence-electron chi connectivity index (χ1n) is 7.00. The number of hydrogen-bond donors (Lipinski definition) is 1. The Morgan fingerprint density at radius 2 is 1.89 bits per heavy atom. The SMILES string of the molecule is CN(C)CCN1CCN(C(=O)CC2CNC2)CC1. The maximum Gasteiger partial charge on any atom is 0.223 e. The van der Waals surface area contributed by atoms with E-state index in [0.29, 0.717) is 11.8 Å². The van der Waals surface area contributed by atoms with E-state index in [-0.39, 0.29) is 0 Å². The van der Waals surface area contributed by atoms with Gasteiger partial charge in [0, 0.05) is 45.7 Å². The van der Waals surface area contributed by atoms with Crippen LogP contribution >= 0.6 is 0 Å². The smallest absolute Gasteiger partial charge is 0.223 e. The molecule has 0 bridgehead atoms. The summed E-state index contributed by atoms with van der Waals surface area (Å²) in [5.41, 5.74) is 0. The van der Waals surface area contributed by atoms with Crippen molar-refractivity contribution in [3.63, 3.8) is 0 Å². The van der Waals surface area contributed by atoms with Crippen LogP contribution in [0, 0.1) is 5.92 Å². The van der Waals surface area contributed by atoms with Crippen LogP contribution in [0.2, 0.25) is 0 Å². The van der Waals surface area contributed by atoms with Crippen LogP contribution in [0.15, 0.2) is 0 Å². The molecule has 104 valence electrons. The minimum atomic E-state index is 0.355. The summed E-state index contributed by atoms with van der Waals surface area (Å²) in [6.45, 7) is 8.14. The second-order valence-corrected chi connectivity index (χ2v) is 5.75. The standard InChI is InChI=1S/C13H26N4O/c1-15(2)3-4-16-5-7-17(8-6-16)13(18)9-12-10-14-11-12/h12,14H,3-11H2,1-2H3. The van der Waals surface area contributed by atoms with E-state index in [0.717, 1.165) is 58.8 Å². The van der Waals surface area contributed by atoms with Crippen molar-refractivity contribution in [2.45, 2.75) is 6.42 Å². The van der Waals surface area contributed by atoms with Gasteiger partial charge >= 0.3 is 0 Å². The first-order chi connectivity index (χ1) is 8.65. The van der Waals surface area contributed by atoms with Crippen molar-refractivity contribution in [3.8, 4) is 0 Å². The van der Waals surface area contributed by atoms with Crippen molar-refractivity contribution in [2.75, 3.05) is 66.5 Å². The Balaban J connectivity index is 1.64. The Morgan fingerprint density at radius 3 is 2.39 bits per heavy atom. The molecule has 0 aromatic carbocycles. The quantitative estimate of drug-likeness (QED) is 0.704. The summed E-state index contributed by atoms with van der Waals surface area (Å²) < 4.78 is 0. The average molecular weight is 254 g/mol. The third-order valence-corrected chi connectivity index (χ3v) is 3.92. The van der Waals surface area contributed by atoms with Crippen molar-refractivity contribution < 1.29 is 4.79 Å². The molecule has 0 spiro atoms. The fourth-order valence-electron chi connectivity index (χ4n) is 2.43. The van der Waals surface area contributed by atoms with Crippen LogP contribution in [0.5, 0.6) is 0 Å². The lowest BCUT2D eigenvalue weighted by molar-refractivity contribution is -0.134. The molecule has 1 amide bonds. The first kappa shape index (κ1) is 13.8. The molecule has 0 aromatic heterocycles. The van der Waals surface area contributed by atoms with Gasteiger partial charge in [-0.2, -0.15) is 0 Å². The largest absolute Gasteiger partial charge is 0.340 e. The van der Waals surface area contributed by atoms with Crippen molar-refractivity contribution in [1.29, 1.82) is 0 Å². The Morgan fingerprint density at radius 1 is 1.22 bits per heavy atom. The first-order valence-corrected chi connectivity index (χ1v) is 7.00. The molecule has 2 heterocycles. The van der Waals surface area contributed by atoms with Gasteiger partial charge in [-0.3, -0.25) is 9.69 Å². The van der Waals surface area contributed by atoms with Crippen LogP contribution in [0.25, 0.3) is 0 Å². The van der Waals surface area contributed by atoms with Crippen LogP contribution < -0.4 is 5.32 Å². The van der Waals surface area contributed by atoms with Crippen molar-refractivity contribution in [3.05, 3.63) is 0 Å². The van der Waals surface area contributed by atoms with E-state index in [2.05, 4.69) is 29.2 Å². The Kier molecular flexibility index (Phi) is 4.97. The highest BCUT2D eigenvalue weighted by atomic mass is 16.2. The highest BCUT2D eigenvalue weighted by Crippen LogP contribution is 2.12. The van der Waals surface area contributed by atoms with E-state index in [4.69, 9.17) is 0 Å². The summed E-state index contributed by atoms with van der Waals surface area (Å²) in [6, 6.07) is 0. The van der Waals surface area contributed by atoms with Crippen LogP contribution in [0.3, 0.4) is 0 Å². The van der Waals surface area contributed by atoms with Crippen molar-refractivity contribution >= 4 is 5.91 Å². The fraction of sp³-hybridized carbons (Fsp3) is 0.923. The summed E-state index contributed by atoms with van der Waals surface area (Å²) in [5.74, 6) is 0.943. The molecule has 2 saturated heterocycles. The third-order valence-electron chi connectivity index (χ3n) is 3.92. The molecule has 1 N–H and O–H groups in total. The molecule has 2 aliphatic rings. The molecule has 2 rings (SSSR count). The van der Waals surface area contributed by atoms with Crippen molar-refractivity contribution in [2.24, 2.45) is 5.92 Å². The lowest BCUT2D eigenvalue weighted by Gasteiger charge is -2.36. The van der Waals surface area contributed by atoms with Gasteiger partial charge in [-0.05, 0) is 33.1 Å². The van der Waals surface area contributed by atoms with Gasteiger partial charge in [0.1, 0.15) is 0 Å². The molecule has 5 nitrogen and oxygen atoms in total. The van der Waals surface area contributed by atoms with Gasteiger partial charge in [-0.15, -0.1) is 0 Å². The van der Waals surface area contributed by atoms with E-state index in [9.17, 15) is 4.79 Å². The maximum atomic E-state index is 12.0. The third kappa shape index (κ3) is 3.93. The minimum Gasteiger partial charge on any atom is -0.340 e. The van der Waals surface area contributed by atoms with E-state index in [1.807, 2.05) is 4.90 Å². The Bertz CT molecular complexity index is 270. The summed E-state index contributed by atoms with van der Waals surface area (Å²) in [4.78, 5) is 18.8. The molecular formula is C13H26N4O. The van der Waals surface area contributed by atoms with E-state index in [1.165, 1.54) is 0 Å². The van der Waals surface area contributed by atoms with Gasteiger partial charge in [0.15, 0.2) is 0 Å². The number of amides is 1. The summed E-state index contributed by atoms with van der Waals surface area (Å²) in [6.07, 6.45) is 0.741. The fourth-order valence-corrected chi connectivity index (χ4v) is 2.43. The Hall–Kier alpha value is -0.650. The normalized spacial score (nSPS) is 22.3. The van der Waals surface area contributed by atoms with Gasteiger partial charge < -0.3 is 15.1 Å². The summed E-state index contributed by atoms with van der Waals surface area (Å²) in [7, 11) is 4.21. The molecular weight excluding hydrogens is 228 g/mol. The van der Waals surface area contributed by atoms with Crippen molar-refractivity contribution in [1.82, 2.24) is 20.0 Å². The van der Waals surface area contributed by atoms with E-state index in [1.54, 1.807) is 0 Å². The van der Waals surface area contributed by atoms with E-state index < -0.39 is 0 Å². The molecule has 0 radical (unpaired) electrons. The number of nitrogens with one attached hydrogen (secondary N) is 1. The lowest BCUT2D eigenvalue weighted by atomic mass is 9.98. The number of hydrogen-bond acceptors (Lipinski definition) is 4. The highest BCUT2D eigenvalue weighted by Gasteiger charge is 2.25. The lowest BCUT2D eigenvalue weighted by Crippen LogP contribution is -2.51. The second kappa shape index (κ2) is 6.50. The molecule has 2 fully saturated rings. The second-order valence-electron chi connectivity index (χ2n) is 5.75. The van der Waals surface area contributed by atoms with Crippen LogP contribution in [0.1, 0.15) is 6.42 Å². The number of nitrogens with zero attached hydrogens (tertiary/aromatic N) is 3. The number of piperazine rings is 1. The maximum absolute atomic E-state index is 12.0. The molecule has 5 heteroatoms. The molecule has 0 saturated carbocycles. The number of carbonyl (C=O) groups excluding carboxylic acids is 1. The topological polar surface area (TPSA) is 38.8 Å². The number of rotatable bonds is 5.